The first kappa shape index (κ1) is 40.0. The number of carbonyl (C=O) groups is 4. The quantitative estimate of drug-likeness (QED) is 0.134. The molecule has 0 saturated carbocycles. The second kappa shape index (κ2) is 17.8. The summed E-state index contributed by atoms with van der Waals surface area (Å²) in [6.45, 7) is 7.34. The van der Waals surface area contributed by atoms with Gasteiger partial charge < -0.3 is 29.2 Å². The maximum atomic E-state index is 15.0. The number of nitrogens with zero attached hydrogens (tertiary/aromatic N) is 1. The first-order chi connectivity index (χ1) is 22.3. The molecule has 0 saturated heterocycles. The topological polar surface area (TPSA) is 120 Å². The highest BCUT2D eigenvalue weighted by Gasteiger charge is 2.39. The van der Waals surface area contributed by atoms with Gasteiger partial charge in [0.1, 0.15) is 30.1 Å². The van der Waals surface area contributed by atoms with Crippen LogP contribution in [0.3, 0.4) is 0 Å². The minimum Gasteiger partial charge on any atom is -0.458 e. The van der Waals surface area contributed by atoms with E-state index in [-0.39, 0.29) is 24.5 Å². The molecule has 0 aliphatic carbocycles. The van der Waals surface area contributed by atoms with Crippen LogP contribution in [0, 0.1) is 5.92 Å². The van der Waals surface area contributed by atoms with Crippen molar-refractivity contribution in [3.05, 3.63) is 65.7 Å². The molecule has 0 aromatic heterocycles. The van der Waals surface area contributed by atoms with Crippen molar-refractivity contribution in [1.82, 2.24) is 10.2 Å². The molecule has 48 heavy (non-hydrogen) atoms. The van der Waals surface area contributed by atoms with Gasteiger partial charge in [0.25, 0.3) is 5.91 Å². The summed E-state index contributed by atoms with van der Waals surface area (Å²) < 4.78 is 73.0. The summed E-state index contributed by atoms with van der Waals surface area (Å²) in [7, 11) is 2.80. The van der Waals surface area contributed by atoms with Gasteiger partial charge in [-0.25, -0.2) is 14.0 Å². The number of likely N-dealkylation sites (N-methyl/N-ethyl adjacent to an activating group) is 2. The van der Waals surface area contributed by atoms with Crippen LogP contribution in [0.25, 0.3) is 0 Å². The lowest BCUT2D eigenvalue weighted by Gasteiger charge is -2.32. The minimum absolute atomic E-state index is 0.146. The molecule has 0 aliphatic heterocycles. The van der Waals surface area contributed by atoms with E-state index < -0.39 is 72.3 Å². The van der Waals surface area contributed by atoms with E-state index >= 15 is 0 Å². The lowest BCUT2D eigenvalue weighted by atomic mass is 9.99. The smallest absolute Gasteiger partial charge is 0.458 e. The predicted octanol–water partition coefficient (Wildman–Crippen LogP) is 5.31. The van der Waals surface area contributed by atoms with Crippen molar-refractivity contribution in [2.45, 2.75) is 96.8 Å². The molecule has 0 unspecified atom stereocenters. The number of carbonyl (C=O) groups excluding carboxylic acids is 4. The fourth-order valence-corrected chi connectivity index (χ4v) is 4.64. The Morgan fingerprint density at radius 1 is 0.833 bits per heavy atom. The molecule has 4 atom stereocenters. The molecule has 0 radical (unpaired) electrons. The molecule has 0 heterocycles. The number of benzene rings is 2. The van der Waals surface area contributed by atoms with E-state index in [1.54, 1.807) is 37.4 Å². The van der Waals surface area contributed by atoms with Gasteiger partial charge in [0.05, 0.1) is 0 Å². The fourth-order valence-electron chi connectivity index (χ4n) is 4.64. The number of amides is 1. The van der Waals surface area contributed by atoms with E-state index in [0.717, 1.165) is 17.0 Å². The Morgan fingerprint density at radius 2 is 1.44 bits per heavy atom. The van der Waals surface area contributed by atoms with Gasteiger partial charge in [-0.3, -0.25) is 9.59 Å². The van der Waals surface area contributed by atoms with Crippen molar-refractivity contribution in [2.75, 3.05) is 14.1 Å². The maximum Gasteiger partial charge on any atom is 0.573 e. The average Bonchev–Trinajstić information content (AvgIpc) is 3.00. The molecule has 0 spiro atoms. The summed E-state index contributed by atoms with van der Waals surface area (Å²) in [6, 6.07) is 10.9. The zero-order valence-corrected chi connectivity index (χ0v) is 28.1. The van der Waals surface area contributed by atoms with Crippen LogP contribution in [0.2, 0.25) is 0 Å². The number of alkyl halides is 4. The van der Waals surface area contributed by atoms with Crippen LogP contribution >= 0.6 is 0 Å². The second-order valence-corrected chi connectivity index (χ2v) is 12.4. The van der Waals surface area contributed by atoms with Crippen molar-refractivity contribution >= 4 is 23.8 Å². The van der Waals surface area contributed by atoms with Gasteiger partial charge in [0.2, 0.25) is 6.10 Å². The SMILES string of the molecule is CN[C@@H](CC(C)C)C(=O)O[C@H](C)C(=O)N(C)[C@H](CC(C)(C)F)C(=O)O[C@H](Cc1ccc(OC(F)(F)F)cc1)C(=O)OCc1ccccc1. The van der Waals surface area contributed by atoms with Gasteiger partial charge in [-0.2, -0.15) is 0 Å². The van der Waals surface area contributed by atoms with Gasteiger partial charge >= 0.3 is 24.3 Å². The van der Waals surface area contributed by atoms with E-state index in [0.29, 0.717) is 12.0 Å². The van der Waals surface area contributed by atoms with Gasteiger partial charge in [-0.05, 0) is 63.4 Å². The van der Waals surface area contributed by atoms with Crippen molar-refractivity contribution in [1.29, 1.82) is 0 Å². The lowest BCUT2D eigenvalue weighted by molar-refractivity contribution is -0.274. The zero-order chi connectivity index (χ0) is 36.2. The first-order valence-electron chi connectivity index (χ1n) is 15.4. The normalized spacial score (nSPS) is 14.3. The summed E-state index contributed by atoms with van der Waals surface area (Å²) in [5.41, 5.74) is -1.08. The van der Waals surface area contributed by atoms with E-state index in [1.165, 1.54) is 40.0 Å². The van der Waals surface area contributed by atoms with E-state index in [4.69, 9.17) is 14.2 Å². The molecule has 266 valence electrons. The Morgan fingerprint density at radius 3 is 1.96 bits per heavy atom. The van der Waals surface area contributed by atoms with Crippen LogP contribution in [0.5, 0.6) is 5.75 Å². The third-order valence-electron chi connectivity index (χ3n) is 7.07. The summed E-state index contributed by atoms with van der Waals surface area (Å²) in [4.78, 5) is 53.8. The highest BCUT2D eigenvalue weighted by Crippen LogP contribution is 2.25. The molecule has 2 aromatic carbocycles. The van der Waals surface area contributed by atoms with Gasteiger partial charge in [-0.1, -0.05) is 56.3 Å². The largest absolute Gasteiger partial charge is 0.573 e. The molecule has 0 bridgehead atoms. The molecule has 14 heteroatoms. The molecular weight excluding hydrogens is 640 g/mol. The lowest BCUT2D eigenvalue weighted by Crippen LogP contribution is -2.51. The summed E-state index contributed by atoms with van der Waals surface area (Å²) >= 11 is 0. The average molecular weight is 685 g/mol. The van der Waals surface area contributed by atoms with Crippen LogP contribution in [0.15, 0.2) is 54.6 Å². The molecule has 1 N–H and O–H groups in total. The fraction of sp³-hybridized carbons (Fsp3) is 0.529. The maximum absolute atomic E-state index is 15.0. The van der Waals surface area contributed by atoms with Gasteiger partial charge in [0, 0.05) is 19.9 Å². The van der Waals surface area contributed by atoms with Crippen LogP contribution in [-0.2, 0) is 46.4 Å². The molecule has 10 nitrogen and oxygen atoms in total. The van der Waals surface area contributed by atoms with Crippen molar-refractivity contribution in [3.8, 4) is 5.75 Å². The summed E-state index contributed by atoms with van der Waals surface area (Å²) in [5, 5.41) is 2.84. The standard InChI is InChI=1S/C34H44F4N2O8/c1-21(2)17-26(39-6)30(42)46-22(3)29(41)40(7)27(19-33(4,5)35)31(43)47-28(32(44)45-20-24-11-9-8-10-12-24)18-23-13-15-25(16-14-23)48-34(36,37)38/h8-16,21-22,26-28,39H,17-20H2,1-7H3/t22-,26+,27-,28-/m1/s1. The summed E-state index contributed by atoms with van der Waals surface area (Å²) in [6.07, 6.45) is -8.33. The Hall–Kier alpha value is -4.20. The van der Waals surface area contributed by atoms with Crippen molar-refractivity contribution in [2.24, 2.45) is 5.92 Å². The third-order valence-corrected chi connectivity index (χ3v) is 7.07. The Kier molecular flexibility index (Phi) is 14.8. The van der Waals surface area contributed by atoms with Crippen LogP contribution in [0.4, 0.5) is 17.6 Å². The highest BCUT2D eigenvalue weighted by molar-refractivity contribution is 5.89. The van der Waals surface area contributed by atoms with E-state index in [9.17, 15) is 36.7 Å². The first-order valence-corrected chi connectivity index (χ1v) is 15.4. The van der Waals surface area contributed by atoms with Gasteiger partial charge in [-0.15, -0.1) is 13.2 Å². The molecule has 0 fully saturated rings. The Balaban J connectivity index is 2.31. The van der Waals surface area contributed by atoms with E-state index in [2.05, 4.69) is 10.1 Å². The Bertz CT molecular complexity index is 1350. The number of nitrogens with one attached hydrogen (secondary N) is 1. The zero-order valence-electron chi connectivity index (χ0n) is 28.1. The number of hydrogen-bond donors (Lipinski definition) is 1. The van der Waals surface area contributed by atoms with Crippen LogP contribution in [0.1, 0.15) is 58.6 Å². The number of hydrogen-bond acceptors (Lipinski definition) is 9. The third kappa shape index (κ3) is 13.9. The molecule has 0 aliphatic rings. The van der Waals surface area contributed by atoms with Gasteiger partial charge in [0.15, 0.2) is 6.10 Å². The Labute approximate surface area is 278 Å². The van der Waals surface area contributed by atoms with Crippen molar-refractivity contribution in [3.63, 3.8) is 0 Å². The molecular formula is C34H44F4N2O8. The number of halogens is 4. The van der Waals surface area contributed by atoms with Crippen LogP contribution in [-0.4, -0.2) is 79.1 Å². The minimum atomic E-state index is -4.91. The van der Waals surface area contributed by atoms with Crippen LogP contribution < -0.4 is 10.1 Å². The summed E-state index contributed by atoms with van der Waals surface area (Å²) in [5.74, 6) is -4.00. The molecule has 2 rings (SSSR count). The monoisotopic (exact) mass is 684 g/mol. The number of ether oxygens (including phenoxy) is 4. The molecule has 2 aromatic rings. The van der Waals surface area contributed by atoms with E-state index in [1.807, 2.05) is 13.8 Å². The van der Waals surface area contributed by atoms with Crippen molar-refractivity contribution < 1.29 is 55.7 Å². The molecule has 1 amide bonds. The highest BCUT2D eigenvalue weighted by atomic mass is 19.4. The second-order valence-electron chi connectivity index (χ2n) is 12.4. The predicted molar refractivity (Wildman–Crippen MR) is 167 cm³/mol. The number of esters is 3. The number of rotatable bonds is 17.